The highest BCUT2D eigenvalue weighted by Gasteiger charge is 2.51. The first-order valence-electron chi connectivity index (χ1n) is 34.1. The minimum absolute atomic E-state index is 0.330. The molecule has 1 aliphatic rings. The number of nitrogens with zero attached hydrogens (tertiary/aromatic N) is 4. The van der Waals surface area contributed by atoms with E-state index in [1.165, 1.54) is 120 Å². The van der Waals surface area contributed by atoms with Crippen molar-refractivity contribution in [2.45, 2.75) is 38.9 Å². The van der Waals surface area contributed by atoms with Gasteiger partial charge in [-0.3, -0.25) is 9.97 Å². The van der Waals surface area contributed by atoms with Gasteiger partial charge in [-0.2, -0.15) is 0 Å². The van der Waals surface area contributed by atoms with Crippen LogP contribution in [-0.4, -0.2) is 37.4 Å². The Morgan fingerprint density at radius 1 is 0.270 bits per heavy atom. The molecule has 0 spiro atoms. The third-order valence-electron chi connectivity index (χ3n) is 20.3. The maximum Gasteiger partial charge on any atom is 0.494 e. The highest BCUT2D eigenvalue weighted by Crippen LogP contribution is 2.46. The summed E-state index contributed by atoms with van der Waals surface area (Å²) in [7, 11) is -0.336. The summed E-state index contributed by atoms with van der Waals surface area (Å²) in [5.74, 6) is 0. The van der Waals surface area contributed by atoms with Crippen LogP contribution < -0.4 is 5.46 Å². The highest BCUT2D eigenvalue weighted by molar-refractivity contribution is 9.10. The van der Waals surface area contributed by atoms with Crippen molar-refractivity contribution in [2.24, 2.45) is 0 Å². The van der Waals surface area contributed by atoms with E-state index >= 15 is 0 Å². The van der Waals surface area contributed by atoms with Gasteiger partial charge in [-0.1, -0.05) is 255 Å². The lowest BCUT2D eigenvalue weighted by atomic mass is 9.79. The fraction of sp³-hybridized carbons (Fsp3) is 0.0652. The Morgan fingerprint density at radius 3 is 0.830 bits per heavy atom. The molecule has 1 fully saturated rings. The standard InChI is InChI=1S/C43H28N2.C25H16BrN.C24H24BNO2/c1-3-15-37-35(13-1)42(30-22-20-29(21-23-30)39-17-9-10-28-44-39)36-14-2-4-16-38(36)43(37)31-24-26-32(27-25-31)45-40-18-7-5-11-33(40)34-12-6-8-19-41(34)45;26-25-21-9-3-1-7-19(21)24(20-8-2-4-10-22(20)25)18-14-12-17(13-15-18)23-11-5-6-16-27-23;1-23(2)24(3,4)28-25(27-23)17-13-15-18(16-14-17)26-21-11-7-5-9-19(21)20-10-6-8-12-22(20)26/h1-28H;1-16H;5-16H,1-4H3. The fourth-order valence-corrected chi connectivity index (χ4v) is 15.4. The fourth-order valence-electron chi connectivity index (χ4n) is 14.8. The second-order valence-electron chi connectivity index (χ2n) is 26.7. The second kappa shape index (κ2) is 25.7. The van der Waals surface area contributed by atoms with E-state index in [2.05, 4.69) is 360 Å². The van der Waals surface area contributed by atoms with Crippen LogP contribution in [0.5, 0.6) is 0 Å². The molecule has 0 N–H and O–H groups in total. The molecule has 4 aromatic heterocycles. The van der Waals surface area contributed by atoms with Gasteiger partial charge < -0.3 is 18.4 Å². The van der Waals surface area contributed by atoms with Crippen LogP contribution in [0.1, 0.15) is 27.7 Å². The van der Waals surface area contributed by atoms with Crippen LogP contribution >= 0.6 is 15.9 Å². The normalized spacial score (nSPS) is 13.3. The topological polar surface area (TPSA) is 54.1 Å². The summed E-state index contributed by atoms with van der Waals surface area (Å²) >= 11 is 3.82. The zero-order valence-corrected chi connectivity index (χ0v) is 57.5. The van der Waals surface area contributed by atoms with Gasteiger partial charge in [0.25, 0.3) is 0 Å². The molecule has 478 valence electrons. The molecule has 18 aromatic rings. The van der Waals surface area contributed by atoms with Crippen LogP contribution in [0.4, 0.5) is 0 Å². The first-order chi connectivity index (χ1) is 49.0. The van der Waals surface area contributed by atoms with E-state index < -0.39 is 0 Å². The van der Waals surface area contributed by atoms with Gasteiger partial charge in [-0.05, 0) is 198 Å². The summed E-state index contributed by atoms with van der Waals surface area (Å²) in [5.41, 5.74) is 19.2. The Balaban J connectivity index is 0.000000118. The summed E-state index contributed by atoms with van der Waals surface area (Å²) in [5, 5.41) is 15.1. The Kier molecular flexibility index (Phi) is 16.0. The molecular weight excluding hydrogens is 1280 g/mol. The van der Waals surface area contributed by atoms with Crippen molar-refractivity contribution in [3.05, 3.63) is 344 Å². The number of benzene rings is 14. The number of aromatic nitrogens is 4. The van der Waals surface area contributed by atoms with Crippen LogP contribution in [0.2, 0.25) is 0 Å². The number of hydrogen-bond acceptors (Lipinski definition) is 4. The molecule has 0 saturated carbocycles. The Morgan fingerprint density at radius 2 is 0.520 bits per heavy atom. The zero-order chi connectivity index (χ0) is 67.5. The van der Waals surface area contributed by atoms with Gasteiger partial charge in [-0.25, -0.2) is 0 Å². The second-order valence-corrected chi connectivity index (χ2v) is 27.5. The molecule has 0 atom stereocenters. The molecule has 100 heavy (non-hydrogen) atoms. The van der Waals surface area contributed by atoms with E-state index in [9.17, 15) is 0 Å². The first kappa shape index (κ1) is 62.0. The number of halogens is 1. The predicted molar refractivity (Wildman–Crippen MR) is 424 cm³/mol. The van der Waals surface area contributed by atoms with Crippen molar-refractivity contribution < 1.29 is 9.31 Å². The Bertz CT molecular complexity index is 5850. The summed E-state index contributed by atoms with van der Waals surface area (Å²) in [6, 6.07) is 117. The van der Waals surface area contributed by atoms with Crippen LogP contribution in [0, 0.1) is 0 Å². The third-order valence-corrected chi connectivity index (χ3v) is 21.2. The third kappa shape index (κ3) is 11.0. The quantitative estimate of drug-likeness (QED) is 0.112. The van der Waals surface area contributed by atoms with Gasteiger partial charge in [0, 0.05) is 60.9 Å². The predicted octanol–water partition coefficient (Wildman–Crippen LogP) is 24.1. The van der Waals surface area contributed by atoms with Crippen molar-refractivity contribution >= 4 is 115 Å². The number of hydrogen-bond donors (Lipinski definition) is 0. The maximum absolute atomic E-state index is 6.19. The lowest BCUT2D eigenvalue weighted by Crippen LogP contribution is -2.41. The summed E-state index contributed by atoms with van der Waals surface area (Å²) in [4.78, 5) is 9.00. The average Bonchev–Trinajstić information content (AvgIpc) is 0.773. The summed E-state index contributed by atoms with van der Waals surface area (Å²) in [6.07, 6.45) is 3.68. The molecule has 0 radical (unpaired) electrons. The monoisotopic (exact) mass is 1350 g/mol. The zero-order valence-electron chi connectivity index (χ0n) is 55.9. The molecule has 0 unspecified atom stereocenters. The number of rotatable bonds is 8. The first-order valence-corrected chi connectivity index (χ1v) is 34.9. The maximum atomic E-state index is 6.19. The van der Waals surface area contributed by atoms with Gasteiger partial charge in [-0.15, -0.1) is 0 Å². The molecule has 14 aromatic carbocycles. The summed E-state index contributed by atoms with van der Waals surface area (Å²) in [6.45, 7) is 8.33. The molecule has 0 bridgehead atoms. The van der Waals surface area contributed by atoms with Crippen molar-refractivity contribution in [3.63, 3.8) is 0 Å². The van der Waals surface area contributed by atoms with Gasteiger partial charge >= 0.3 is 7.12 Å². The van der Waals surface area contributed by atoms with E-state index in [1.807, 2.05) is 42.7 Å². The highest BCUT2D eigenvalue weighted by atomic mass is 79.9. The average molecular weight is 1350 g/mol. The Labute approximate surface area is 590 Å². The molecule has 0 aliphatic carbocycles. The number of fused-ring (bicyclic) bond motifs is 10. The van der Waals surface area contributed by atoms with Gasteiger partial charge in [0.05, 0.1) is 44.7 Å². The molecule has 1 aliphatic heterocycles. The van der Waals surface area contributed by atoms with Crippen molar-refractivity contribution in [2.75, 3.05) is 0 Å². The van der Waals surface area contributed by atoms with Crippen LogP contribution in [0.3, 0.4) is 0 Å². The SMILES string of the molecule is Brc1c2ccccc2c(-c2ccc(-c3ccccn3)cc2)c2ccccc12.CC1(C)OB(c2ccc(-n3c4ccccc4c4ccccc43)cc2)OC1(C)C.c1ccc(-c2ccc(-c3c4ccccc4c(-c4ccc(-n5c6ccccc6c6ccccc65)cc4)c4ccccc34)cc2)nc1. The smallest absolute Gasteiger partial charge is 0.399 e. The minimum Gasteiger partial charge on any atom is -0.399 e. The lowest BCUT2D eigenvalue weighted by molar-refractivity contribution is 0.00578. The van der Waals surface area contributed by atoms with E-state index in [0.717, 1.165) is 43.8 Å². The van der Waals surface area contributed by atoms with E-state index in [1.54, 1.807) is 0 Å². The van der Waals surface area contributed by atoms with Gasteiger partial charge in [0.15, 0.2) is 0 Å². The molecule has 8 heteroatoms. The largest absolute Gasteiger partial charge is 0.494 e. The van der Waals surface area contributed by atoms with E-state index in [-0.39, 0.29) is 18.3 Å². The van der Waals surface area contributed by atoms with Crippen LogP contribution in [-0.2, 0) is 9.31 Å². The molecule has 5 heterocycles. The number of para-hydroxylation sites is 4. The van der Waals surface area contributed by atoms with Crippen LogP contribution in [0.25, 0.3) is 154 Å². The van der Waals surface area contributed by atoms with Gasteiger partial charge in [0.1, 0.15) is 0 Å². The number of pyridine rings is 2. The molecule has 6 nitrogen and oxygen atoms in total. The van der Waals surface area contributed by atoms with Gasteiger partial charge in [0.2, 0.25) is 0 Å². The van der Waals surface area contributed by atoms with Crippen molar-refractivity contribution in [1.29, 1.82) is 0 Å². The van der Waals surface area contributed by atoms with E-state index in [0.29, 0.717) is 0 Å². The molecule has 0 amide bonds. The lowest BCUT2D eigenvalue weighted by Gasteiger charge is -2.32. The van der Waals surface area contributed by atoms with E-state index in [4.69, 9.17) is 9.31 Å². The molecular formula is C92H68BBrN4O2. The minimum atomic E-state index is -0.336. The summed E-state index contributed by atoms with van der Waals surface area (Å²) < 4.78 is 18.2. The van der Waals surface area contributed by atoms with Crippen LogP contribution in [0.15, 0.2) is 344 Å². The molecule has 1 saturated heterocycles. The Hall–Kier alpha value is -11.5. The van der Waals surface area contributed by atoms with Crippen molar-refractivity contribution in [3.8, 4) is 67.3 Å². The molecule has 19 rings (SSSR count). The van der Waals surface area contributed by atoms with Crippen molar-refractivity contribution in [1.82, 2.24) is 19.1 Å².